The lowest BCUT2D eigenvalue weighted by molar-refractivity contribution is -0.136. The van der Waals surface area contributed by atoms with E-state index in [4.69, 9.17) is 5.11 Å². The fourth-order valence-corrected chi connectivity index (χ4v) is 1.35. The predicted molar refractivity (Wildman–Crippen MR) is 56.6 cm³/mol. The van der Waals surface area contributed by atoms with Crippen LogP contribution in [0.1, 0.15) is 13.3 Å². The predicted octanol–water partition coefficient (Wildman–Crippen LogP) is 1.79. The van der Waals surface area contributed by atoms with Crippen LogP contribution in [0.3, 0.4) is 0 Å². The fraction of sp³-hybridized carbons (Fsp3) is 0.273. The molecule has 0 fully saturated rings. The van der Waals surface area contributed by atoms with Gasteiger partial charge in [-0.1, -0.05) is 0 Å². The number of benzene rings is 1. The summed E-state index contributed by atoms with van der Waals surface area (Å²) >= 11 is 0. The molecule has 0 aliphatic rings. The normalized spacial score (nSPS) is 10.1. The molecule has 0 spiro atoms. The van der Waals surface area contributed by atoms with E-state index in [1.807, 2.05) is 0 Å². The van der Waals surface area contributed by atoms with E-state index in [2.05, 4.69) is 0 Å². The fourth-order valence-electron chi connectivity index (χ4n) is 1.35. The summed E-state index contributed by atoms with van der Waals surface area (Å²) in [5.74, 6) is -3.13. The molecule has 0 heterocycles. The highest BCUT2D eigenvalue weighted by atomic mass is 19.1. The third-order valence-corrected chi connectivity index (χ3v) is 2.13. The lowest BCUT2D eigenvalue weighted by Gasteiger charge is -2.20. The van der Waals surface area contributed by atoms with Crippen LogP contribution in [0.4, 0.5) is 14.5 Å². The summed E-state index contributed by atoms with van der Waals surface area (Å²) in [5.41, 5.74) is -0.251. The third-order valence-electron chi connectivity index (χ3n) is 2.13. The van der Waals surface area contributed by atoms with Crippen molar-refractivity contribution >= 4 is 17.6 Å². The van der Waals surface area contributed by atoms with Gasteiger partial charge in [-0.15, -0.1) is 0 Å². The largest absolute Gasteiger partial charge is 0.481 e. The highest BCUT2D eigenvalue weighted by Crippen LogP contribution is 2.20. The van der Waals surface area contributed by atoms with Gasteiger partial charge < -0.3 is 10.0 Å². The van der Waals surface area contributed by atoms with Gasteiger partial charge in [0.25, 0.3) is 0 Å². The average molecular weight is 243 g/mol. The zero-order chi connectivity index (χ0) is 13.0. The number of carbonyl (C=O) groups is 2. The minimum atomic E-state index is -1.12. The molecule has 1 aromatic rings. The summed E-state index contributed by atoms with van der Waals surface area (Å²) in [7, 11) is 0. The van der Waals surface area contributed by atoms with Crippen molar-refractivity contribution in [3.05, 3.63) is 29.8 Å². The maximum Gasteiger partial charge on any atom is 0.305 e. The lowest BCUT2D eigenvalue weighted by Crippen LogP contribution is -2.31. The van der Waals surface area contributed by atoms with Crippen LogP contribution in [0.2, 0.25) is 0 Å². The van der Waals surface area contributed by atoms with Crippen molar-refractivity contribution < 1.29 is 23.5 Å². The molecular weight excluding hydrogens is 232 g/mol. The molecule has 1 amide bonds. The molecular formula is C11H11F2NO3. The van der Waals surface area contributed by atoms with Crippen molar-refractivity contribution in [2.45, 2.75) is 13.3 Å². The Morgan fingerprint density at radius 2 is 2.00 bits per heavy atom. The SMILES string of the molecule is CC(=O)N(CCC(=O)O)c1cc(F)ccc1F. The van der Waals surface area contributed by atoms with Gasteiger partial charge in [-0.25, -0.2) is 8.78 Å². The second-order valence-electron chi connectivity index (χ2n) is 3.41. The molecule has 0 saturated heterocycles. The zero-order valence-electron chi connectivity index (χ0n) is 9.11. The van der Waals surface area contributed by atoms with Crippen molar-refractivity contribution in [1.29, 1.82) is 0 Å². The van der Waals surface area contributed by atoms with Gasteiger partial charge in [-0.2, -0.15) is 0 Å². The quantitative estimate of drug-likeness (QED) is 0.877. The Balaban J connectivity index is 3.00. The number of anilines is 1. The van der Waals surface area contributed by atoms with E-state index in [9.17, 15) is 18.4 Å². The van der Waals surface area contributed by atoms with Crippen molar-refractivity contribution in [2.24, 2.45) is 0 Å². The van der Waals surface area contributed by atoms with Gasteiger partial charge in [0.1, 0.15) is 11.6 Å². The average Bonchev–Trinajstić information content (AvgIpc) is 2.22. The highest BCUT2D eigenvalue weighted by molar-refractivity contribution is 5.92. The molecule has 0 aromatic heterocycles. The van der Waals surface area contributed by atoms with Crippen LogP contribution in [0.25, 0.3) is 0 Å². The number of carboxylic acid groups (broad SMARTS) is 1. The molecule has 0 unspecified atom stereocenters. The maximum atomic E-state index is 13.4. The van der Waals surface area contributed by atoms with E-state index in [0.717, 1.165) is 30.0 Å². The Morgan fingerprint density at radius 3 is 2.53 bits per heavy atom. The summed E-state index contributed by atoms with van der Waals surface area (Å²) in [6, 6.07) is 2.67. The Kier molecular flexibility index (Phi) is 4.14. The van der Waals surface area contributed by atoms with Crippen LogP contribution in [0.5, 0.6) is 0 Å². The second-order valence-corrected chi connectivity index (χ2v) is 3.41. The molecule has 1 rings (SSSR count). The van der Waals surface area contributed by atoms with Crippen LogP contribution in [0.15, 0.2) is 18.2 Å². The molecule has 0 radical (unpaired) electrons. The van der Waals surface area contributed by atoms with E-state index in [1.54, 1.807) is 0 Å². The van der Waals surface area contributed by atoms with Crippen molar-refractivity contribution in [3.63, 3.8) is 0 Å². The molecule has 1 aromatic carbocycles. The van der Waals surface area contributed by atoms with Crippen LogP contribution < -0.4 is 4.90 Å². The second kappa shape index (κ2) is 5.38. The zero-order valence-corrected chi connectivity index (χ0v) is 9.11. The molecule has 92 valence electrons. The number of aliphatic carboxylic acids is 1. The van der Waals surface area contributed by atoms with E-state index in [1.165, 1.54) is 0 Å². The van der Waals surface area contributed by atoms with E-state index in [-0.39, 0.29) is 18.7 Å². The molecule has 0 atom stereocenters. The van der Waals surface area contributed by atoms with Gasteiger partial charge in [0.15, 0.2) is 0 Å². The Morgan fingerprint density at radius 1 is 1.35 bits per heavy atom. The minimum Gasteiger partial charge on any atom is -0.481 e. The summed E-state index contributed by atoms with van der Waals surface area (Å²) in [6.45, 7) is 0.956. The molecule has 17 heavy (non-hydrogen) atoms. The smallest absolute Gasteiger partial charge is 0.305 e. The number of nitrogens with zero attached hydrogens (tertiary/aromatic N) is 1. The van der Waals surface area contributed by atoms with Crippen molar-refractivity contribution in [1.82, 2.24) is 0 Å². The topological polar surface area (TPSA) is 57.6 Å². The molecule has 4 nitrogen and oxygen atoms in total. The van der Waals surface area contributed by atoms with Crippen molar-refractivity contribution in [3.8, 4) is 0 Å². The minimum absolute atomic E-state index is 0.203. The molecule has 6 heteroatoms. The summed E-state index contributed by atoms with van der Waals surface area (Å²) in [6.07, 6.45) is -0.338. The number of hydrogen-bond donors (Lipinski definition) is 1. The standard InChI is InChI=1S/C11H11F2NO3/c1-7(15)14(5-4-11(16)17)10-6-8(12)2-3-9(10)13/h2-3,6H,4-5H2,1H3,(H,16,17). The summed E-state index contributed by atoms with van der Waals surface area (Å²) in [4.78, 5) is 22.6. The Bertz CT molecular complexity index is 448. The first-order valence-corrected chi connectivity index (χ1v) is 4.86. The molecule has 1 N–H and O–H groups in total. The van der Waals surface area contributed by atoms with Crippen LogP contribution >= 0.6 is 0 Å². The number of hydrogen-bond acceptors (Lipinski definition) is 2. The van der Waals surface area contributed by atoms with Crippen molar-refractivity contribution in [2.75, 3.05) is 11.4 Å². The van der Waals surface area contributed by atoms with Crippen LogP contribution in [-0.4, -0.2) is 23.5 Å². The van der Waals surface area contributed by atoms with E-state index in [0.29, 0.717) is 0 Å². The first-order chi connectivity index (χ1) is 7.91. The molecule has 0 bridgehead atoms. The number of carbonyl (C=O) groups excluding carboxylic acids is 1. The first kappa shape index (κ1) is 13.1. The van der Waals surface area contributed by atoms with Gasteiger partial charge in [0.2, 0.25) is 5.91 Å². The number of amides is 1. The first-order valence-electron chi connectivity index (χ1n) is 4.86. The molecule has 0 aliphatic carbocycles. The maximum absolute atomic E-state index is 13.4. The van der Waals surface area contributed by atoms with Gasteiger partial charge in [-0.05, 0) is 12.1 Å². The number of carboxylic acids is 1. The summed E-state index contributed by atoms with van der Waals surface area (Å²) < 4.78 is 26.3. The number of rotatable bonds is 4. The van der Waals surface area contributed by atoms with Crippen LogP contribution in [-0.2, 0) is 9.59 Å². The highest BCUT2D eigenvalue weighted by Gasteiger charge is 2.17. The van der Waals surface area contributed by atoms with Crippen LogP contribution in [0, 0.1) is 11.6 Å². The molecule has 0 aliphatic heterocycles. The third kappa shape index (κ3) is 3.51. The monoisotopic (exact) mass is 243 g/mol. The Labute approximate surface area is 96.5 Å². The van der Waals surface area contributed by atoms with Gasteiger partial charge >= 0.3 is 5.97 Å². The van der Waals surface area contributed by atoms with E-state index < -0.39 is 23.5 Å². The lowest BCUT2D eigenvalue weighted by atomic mass is 10.2. The Hall–Kier alpha value is -1.98. The van der Waals surface area contributed by atoms with E-state index >= 15 is 0 Å². The number of halogens is 2. The summed E-state index contributed by atoms with van der Waals surface area (Å²) in [5, 5.41) is 8.51. The van der Waals surface area contributed by atoms with Gasteiger partial charge in [0, 0.05) is 19.5 Å². The van der Waals surface area contributed by atoms with Gasteiger partial charge in [0.05, 0.1) is 12.1 Å². The van der Waals surface area contributed by atoms with Gasteiger partial charge in [-0.3, -0.25) is 9.59 Å². The molecule has 0 saturated carbocycles.